The van der Waals surface area contributed by atoms with Crippen molar-refractivity contribution in [2.45, 2.75) is 0 Å². The second-order valence-corrected chi connectivity index (χ2v) is 5.94. The Morgan fingerprint density at radius 1 is 0.962 bits per heavy atom. The van der Waals surface area contributed by atoms with E-state index in [9.17, 15) is 15.2 Å². The first-order valence-electron chi connectivity index (χ1n) is 8.06. The van der Waals surface area contributed by atoms with Gasteiger partial charge < -0.3 is 5.11 Å². The molecule has 3 aromatic carbocycles. The van der Waals surface area contributed by atoms with Crippen LogP contribution in [0.15, 0.2) is 77.8 Å². The average Bonchev–Trinajstić information content (AvgIpc) is 3.00. The van der Waals surface area contributed by atoms with E-state index in [2.05, 4.69) is 0 Å². The quantitative estimate of drug-likeness (QED) is 0.539. The summed E-state index contributed by atoms with van der Waals surface area (Å²) in [5.74, 6) is -0.143. The Bertz CT molecular complexity index is 1070. The SMILES string of the molecule is O=[N+]([O-])c1cc(O)cc(/C=C2/C(c3ccccc3)=Nc3ccccc32)c1. The largest absolute Gasteiger partial charge is 0.508 e. The minimum Gasteiger partial charge on any atom is -0.508 e. The number of nitro benzene ring substituents is 1. The molecule has 0 amide bonds. The highest BCUT2D eigenvalue weighted by Crippen LogP contribution is 2.38. The van der Waals surface area contributed by atoms with E-state index in [-0.39, 0.29) is 11.4 Å². The first-order chi connectivity index (χ1) is 12.6. The van der Waals surface area contributed by atoms with Crippen molar-refractivity contribution in [2.75, 3.05) is 0 Å². The average molecular weight is 342 g/mol. The van der Waals surface area contributed by atoms with E-state index in [1.54, 1.807) is 0 Å². The smallest absolute Gasteiger partial charge is 0.273 e. The van der Waals surface area contributed by atoms with Crippen LogP contribution in [0.5, 0.6) is 5.75 Å². The molecule has 5 heteroatoms. The normalized spacial score (nSPS) is 14.2. The Balaban J connectivity index is 1.89. The maximum atomic E-state index is 11.1. The molecule has 1 aliphatic rings. The third-order valence-corrected chi connectivity index (χ3v) is 4.18. The van der Waals surface area contributed by atoms with Crippen molar-refractivity contribution in [3.63, 3.8) is 0 Å². The van der Waals surface area contributed by atoms with Gasteiger partial charge in [0.05, 0.1) is 22.4 Å². The Morgan fingerprint density at radius 3 is 2.46 bits per heavy atom. The summed E-state index contributed by atoms with van der Waals surface area (Å²) in [5, 5.41) is 20.9. The molecule has 0 bridgehead atoms. The molecule has 0 atom stereocenters. The van der Waals surface area contributed by atoms with Crippen LogP contribution in [0.1, 0.15) is 16.7 Å². The Kier molecular flexibility index (Phi) is 3.82. The van der Waals surface area contributed by atoms with Crippen molar-refractivity contribution in [1.29, 1.82) is 0 Å². The van der Waals surface area contributed by atoms with Gasteiger partial charge in [-0.15, -0.1) is 0 Å². The highest BCUT2D eigenvalue weighted by Gasteiger charge is 2.22. The monoisotopic (exact) mass is 342 g/mol. The number of fused-ring (bicyclic) bond motifs is 1. The zero-order chi connectivity index (χ0) is 18.1. The summed E-state index contributed by atoms with van der Waals surface area (Å²) in [4.78, 5) is 15.3. The van der Waals surface area contributed by atoms with Gasteiger partial charge in [-0.25, -0.2) is 4.99 Å². The Morgan fingerprint density at radius 2 is 1.69 bits per heavy atom. The number of benzene rings is 3. The zero-order valence-electron chi connectivity index (χ0n) is 13.7. The first-order valence-corrected chi connectivity index (χ1v) is 8.06. The second-order valence-electron chi connectivity index (χ2n) is 5.94. The predicted molar refractivity (Wildman–Crippen MR) is 102 cm³/mol. The molecule has 1 aliphatic heterocycles. The lowest BCUT2D eigenvalue weighted by molar-refractivity contribution is -0.384. The first kappa shape index (κ1) is 15.8. The lowest BCUT2D eigenvalue weighted by atomic mass is 9.96. The third kappa shape index (κ3) is 2.86. The zero-order valence-corrected chi connectivity index (χ0v) is 13.7. The standard InChI is InChI=1S/C21H14N2O3/c24-17-11-14(10-16(13-17)23(25)26)12-19-18-8-4-5-9-20(18)22-21(19)15-6-2-1-3-7-15/h1-13,24H/b19-12+. The molecule has 126 valence electrons. The van der Waals surface area contributed by atoms with Gasteiger partial charge in [0.25, 0.3) is 5.69 Å². The lowest BCUT2D eigenvalue weighted by Crippen LogP contribution is -1.99. The van der Waals surface area contributed by atoms with Gasteiger partial charge in [0, 0.05) is 22.8 Å². The van der Waals surface area contributed by atoms with Gasteiger partial charge in [-0.3, -0.25) is 10.1 Å². The molecular weight excluding hydrogens is 328 g/mol. The molecular formula is C21H14N2O3. The topological polar surface area (TPSA) is 75.7 Å². The molecule has 0 aromatic heterocycles. The van der Waals surface area contributed by atoms with Gasteiger partial charge in [0.2, 0.25) is 0 Å². The molecule has 0 spiro atoms. The van der Waals surface area contributed by atoms with Gasteiger partial charge in [0.1, 0.15) is 5.75 Å². The van der Waals surface area contributed by atoms with E-state index in [0.717, 1.165) is 34.2 Å². The van der Waals surface area contributed by atoms with E-state index in [1.807, 2.05) is 60.7 Å². The van der Waals surface area contributed by atoms with Crippen molar-refractivity contribution in [2.24, 2.45) is 4.99 Å². The number of phenols is 1. The van der Waals surface area contributed by atoms with E-state index < -0.39 is 4.92 Å². The number of hydrogen-bond acceptors (Lipinski definition) is 4. The summed E-state index contributed by atoms with van der Waals surface area (Å²) in [6.45, 7) is 0. The molecule has 4 rings (SSSR count). The molecule has 0 fully saturated rings. The third-order valence-electron chi connectivity index (χ3n) is 4.18. The lowest BCUT2D eigenvalue weighted by Gasteiger charge is -2.06. The molecule has 3 aromatic rings. The number of aliphatic imine (C=N–C) groups is 1. The number of para-hydroxylation sites is 1. The molecule has 5 nitrogen and oxygen atoms in total. The molecule has 0 saturated carbocycles. The summed E-state index contributed by atoms with van der Waals surface area (Å²) in [7, 11) is 0. The van der Waals surface area contributed by atoms with Gasteiger partial charge in [-0.05, 0) is 23.8 Å². The highest BCUT2D eigenvalue weighted by atomic mass is 16.6. The van der Waals surface area contributed by atoms with Crippen LogP contribution in [0, 0.1) is 10.1 Å². The minimum absolute atomic E-state index is 0.143. The number of nitro groups is 1. The second kappa shape index (κ2) is 6.29. The van der Waals surface area contributed by atoms with Gasteiger partial charge in [0.15, 0.2) is 0 Å². The van der Waals surface area contributed by atoms with Crippen LogP contribution in [-0.4, -0.2) is 15.7 Å². The van der Waals surface area contributed by atoms with E-state index in [4.69, 9.17) is 4.99 Å². The number of rotatable bonds is 3. The summed E-state index contributed by atoms with van der Waals surface area (Å²) < 4.78 is 0. The van der Waals surface area contributed by atoms with Crippen LogP contribution in [0.4, 0.5) is 11.4 Å². The van der Waals surface area contributed by atoms with Crippen molar-refractivity contribution < 1.29 is 10.0 Å². The van der Waals surface area contributed by atoms with Crippen LogP contribution in [0.25, 0.3) is 11.6 Å². The molecule has 0 radical (unpaired) electrons. The number of phenolic OH excluding ortho intramolecular Hbond substituents is 1. The van der Waals surface area contributed by atoms with Crippen molar-refractivity contribution in [3.8, 4) is 5.75 Å². The predicted octanol–water partition coefficient (Wildman–Crippen LogP) is 4.98. The highest BCUT2D eigenvalue weighted by molar-refractivity contribution is 6.38. The van der Waals surface area contributed by atoms with E-state index in [1.165, 1.54) is 12.1 Å². The number of nitrogens with zero attached hydrogens (tertiary/aromatic N) is 2. The fourth-order valence-electron chi connectivity index (χ4n) is 3.04. The van der Waals surface area contributed by atoms with Gasteiger partial charge in [-0.1, -0.05) is 48.5 Å². The number of aromatic hydroxyl groups is 1. The minimum atomic E-state index is -0.517. The molecule has 0 saturated heterocycles. The van der Waals surface area contributed by atoms with Crippen LogP contribution in [-0.2, 0) is 0 Å². The fraction of sp³-hybridized carbons (Fsp3) is 0. The van der Waals surface area contributed by atoms with Crippen LogP contribution < -0.4 is 0 Å². The summed E-state index contributed by atoms with van der Waals surface area (Å²) in [6.07, 6.45) is 1.82. The maximum Gasteiger partial charge on any atom is 0.273 e. The fourth-order valence-corrected chi connectivity index (χ4v) is 3.04. The molecule has 1 N–H and O–H groups in total. The molecule has 0 unspecified atom stereocenters. The van der Waals surface area contributed by atoms with E-state index >= 15 is 0 Å². The van der Waals surface area contributed by atoms with Gasteiger partial charge in [-0.2, -0.15) is 0 Å². The van der Waals surface area contributed by atoms with Crippen molar-refractivity contribution in [3.05, 3.63) is 99.6 Å². The Labute approximate surface area is 149 Å². The Hall–Kier alpha value is -3.73. The molecule has 26 heavy (non-hydrogen) atoms. The number of allylic oxidation sites excluding steroid dienone is 1. The van der Waals surface area contributed by atoms with Gasteiger partial charge >= 0.3 is 0 Å². The van der Waals surface area contributed by atoms with Crippen molar-refractivity contribution >= 4 is 28.7 Å². The number of hydrogen-bond donors (Lipinski definition) is 1. The molecule has 0 aliphatic carbocycles. The summed E-state index contributed by atoms with van der Waals surface area (Å²) in [6, 6.07) is 21.6. The van der Waals surface area contributed by atoms with Crippen LogP contribution >= 0.6 is 0 Å². The molecule has 1 heterocycles. The van der Waals surface area contributed by atoms with Crippen molar-refractivity contribution in [1.82, 2.24) is 0 Å². The maximum absolute atomic E-state index is 11.1. The summed E-state index contributed by atoms with van der Waals surface area (Å²) >= 11 is 0. The summed E-state index contributed by atoms with van der Waals surface area (Å²) in [5.41, 5.74) is 4.84. The van der Waals surface area contributed by atoms with E-state index in [0.29, 0.717) is 5.56 Å². The van der Waals surface area contributed by atoms with Crippen LogP contribution in [0.3, 0.4) is 0 Å². The number of non-ortho nitro benzene ring substituents is 1. The van der Waals surface area contributed by atoms with Crippen LogP contribution in [0.2, 0.25) is 0 Å².